The predicted octanol–water partition coefficient (Wildman–Crippen LogP) is 1.84. The van der Waals surface area contributed by atoms with E-state index in [2.05, 4.69) is 18.1 Å². The Morgan fingerprint density at radius 2 is 2.13 bits per heavy atom. The van der Waals surface area contributed by atoms with Gasteiger partial charge in [0.2, 0.25) is 0 Å². The van der Waals surface area contributed by atoms with Crippen LogP contribution < -0.4 is 5.73 Å². The number of nitrogens with two attached hydrogens (primary N) is 1. The minimum Gasteiger partial charge on any atom is -0.361 e. The highest BCUT2D eigenvalue weighted by Crippen LogP contribution is 2.34. The molecule has 1 aromatic heterocycles. The molecule has 2 heterocycles. The van der Waals surface area contributed by atoms with Gasteiger partial charge in [-0.25, -0.2) is 0 Å². The smallest absolute Gasteiger partial charge is 0.312 e. The molecule has 2 N–H and O–H groups in total. The number of hydrogen-bond acceptors (Lipinski definition) is 3. The fourth-order valence-corrected chi connectivity index (χ4v) is 3.33. The molecule has 6 nitrogen and oxygen atoms in total. The van der Waals surface area contributed by atoms with Gasteiger partial charge in [-0.2, -0.15) is 5.10 Å². The van der Waals surface area contributed by atoms with E-state index in [4.69, 9.17) is 5.73 Å². The molecule has 2 atom stereocenters. The monoisotopic (exact) mass is 314 g/mol. The summed E-state index contributed by atoms with van der Waals surface area (Å²) in [6, 6.07) is 5.94. The molecular weight excluding hydrogens is 292 g/mol. The summed E-state index contributed by atoms with van der Waals surface area (Å²) in [5, 5.41) is 5.52. The van der Waals surface area contributed by atoms with E-state index in [-0.39, 0.29) is 6.04 Å². The van der Waals surface area contributed by atoms with Gasteiger partial charge in [-0.3, -0.25) is 14.3 Å². The maximum absolute atomic E-state index is 12.2. The number of carbonyl (C=O) groups excluding carboxylic acids is 2. The van der Waals surface area contributed by atoms with Crippen molar-refractivity contribution < 1.29 is 9.59 Å². The normalized spacial score (nSPS) is 21.6. The van der Waals surface area contributed by atoms with E-state index in [1.54, 1.807) is 4.90 Å². The number of aromatic nitrogens is 2. The van der Waals surface area contributed by atoms with E-state index in [1.165, 1.54) is 0 Å². The average molecular weight is 314 g/mol. The molecule has 0 bridgehead atoms. The van der Waals surface area contributed by atoms with E-state index < -0.39 is 11.8 Å². The molecule has 0 radical (unpaired) electrons. The number of hydrogen-bond donors (Lipinski definition) is 1. The maximum atomic E-state index is 12.2. The summed E-state index contributed by atoms with van der Waals surface area (Å²) in [5.41, 5.74) is 7.20. The third kappa shape index (κ3) is 2.93. The van der Waals surface area contributed by atoms with Gasteiger partial charge in [0.1, 0.15) is 0 Å². The zero-order valence-corrected chi connectivity index (χ0v) is 13.5. The van der Waals surface area contributed by atoms with Crippen LogP contribution in [0, 0.1) is 5.92 Å². The number of aryl methyl sites for hydroxylation is 1. The molecule has 122 valence electrons. The first-order valence-electron chi connectivity index (χ1n) is 8.07. The number of amides is 2. The van der Waals surface area contributed by atoms with E-state index in [0.717, 1.165) is 35.9 Å². The summed E-state index contributed by atoms with van der Waals surface area (Å²) in [4.78, 5) is 25.2. The maximum Gasteiger partial charge on any atom is 0.312 e. The van der Waals surface area contributed by atoms with E-state index in [1.807, 2.05) is 29.9 Å². The Morgan fingerprint density at radius 1 is 1.35 bits per heavy atom. The van der Waals surface area contributed by atoms with Crippen molar-refractivity contribution in [2.45, 2.75) is 39.3 Å². The summed E-state index contributed by atoms with van der Waals surface area (Å²) in [7, 11) is 0. The van der Waals surface area contributed by atoms with Gasteiger partial charge in [0.15, 0.2) is 0 Å². The van der Waals surface area contributed by atoms with Crippen LogP contribution in [0.15, 0.2) is 24.4 Å². The van der Waals surface area contributed by atoms with Crippen molar-refractivity contribution in [1.82, 2.24) is 14.7 Å². The highest BCUT2D eigenvalue weighted by atomic mass is 16.2. The average Bonchev–Trinajstić information content (AvgIpc) is 2.96. The molecule has 2 unspecified atom stereocenters. The highest BCUT2D eigenvalue weighted by Gasteiger charge is 2.33. The van der Waals surface area contributed by atoms with Crippen LogP contribution in [0.4, 0.5) is 0 Å². The number of fused-ring (bicyclic) bond motifs is 1. The van der Waals surface area contributed by atoms with E-state index in [0.29, 0.717) is 12.5 Å². The van der Waals surface area contributed by atoms with Crippen LogP contribution in [-0.4, -0.2) is 33.0 Å². The molecule has 23 heavy (non-hydrogen) atoms. The van der Waals surface area contributed by atoms with Crippen molar-refractivity contribution in [3.05, 3.63) is 30.0 Å². The molecule has 1 aromatic carbocycles. The van der Waals surface area contributed by atoms with Crippen LogP contribution in [0.25, 0.3) is 10.9 Å². The summed E-state index contributed by atoms with van der Waals surface area (Å²) in [6.45, 7) is 5.52. The molecule has 3 rings (SSSR count). The molecule has 0 saturated carbocycles. The van der Waals surface area contributed by atoms with Crippen molar-refractivity contribution in [1.29, 1.82) is 0 Å². The van der Waals surface area contributed by atoms with Crippen LogP contribution in [0.2, 0.25) is 0 Å². The number of nitrogens with zero attached hydrogens (tertiary/aromatic N) is 3. The fraction of sp³-hybridized carbons (Fsp3) is 0.471. The van der Waals surface area contributed by atoms with Gasteiger partial charge in [-0.15, -0.1) is 0 Å². The van der Waals surface area contributed by atoms with Crippen molar-refractivity contribution in [3.8, 4) is 0 Å². The number of carbonyl (C=O) groups is 2. The van der Waals surface area contributed by atoms with Crippen LogP contribution in [0.5, 0.6) is 0 Å². The summed E-state index contributed by atoms with van der Waals surface area (Å²) < 4.78 is 1.89. The molecule has 6 heteroatoms. The second-order valence-electron chi connectivity index (χ2n) is 6.32. The molecule has 0 aliphatic carbocycles. The van der Waals surface area contributed by atoms with Crippen LogP contribution in [0.3, 0.4) is 0 Å². The Balaban J connectivity index is 1.96. The summed E-state index contributed by atoms with van der Waals surface area (Å²) in [6.07, 6.45) is 3.87. The van der Waals surface area contributed by atoms with Gasteiger partial charge >= 0.3 is 11.8 Å². The molecule has 1 saturated heterocycles. The zero-order chi connectivity index (χ0) is 16.6. The molecule has 2 amide bonds. The molecular formula is C17H22N4O2. The summed E-state index contributed by atoms with van der Waals surface area (Å²) in [5.74, 6) is -1.10. The van der Waals surface area contributed by atoms with Crippen molar-refractivity contribution in [2.75, 3.05) is 6.54 Å². The Bertz CT molecular complexity index is 752. The van der Waals surface area contributed by atoms with Gasteiger partial charge in [0.25, 0.3) is 0 Å². The Hall–Kier alpha value is -2.37. The number of likely N-dealkylation sites (tertiary alicyclic amines) is 1. The third-order valence-corrected chi connectivity index (χ3v) is 4.57. The second kappa shape index (κ2) is 6.02. The minimum absolute atomic E-state index is 0.0967. The van der Waals surface area contributed by atoms with Gasteiger partial charge in [-0.1, -0.05) is 13.0 Å². The SMILES string of the molecule is CCn1cc2cc(C3CCC(C)CN3C(=O)C(N)=O)ccc2n1. The largest absolute Gasteiger partial charge is 0.361 e. The Kier molecular flexibility index (Phi) is 4.07. The van der Waals surface area contributed by atoms with Gasteiger partial charge in [-0.05, 0) is 43.4 Å². The number of rotatable bonds is 2. The van der Waals surface area contributed by atoms with Crippen LogP contribution in [-0.2, 0) is 16.1 Å². The first kappa shape index (κ1) is 15.5. The Morgan fingerprint density at radius 3 is 2.83 bits per heavy atom. The topological polar surface area (TPSA) is 81.2 Å². The first-order chi connectivity index (χ1) is 11.0. The van der Waals surface area contributed by atoms with E-state index >= 15 is 0 Å². The van der Waals surface area contributed by atoms with E-state index in [9.17, 15) is 9.59 Å². The lowest BCUT2D eigenvalue weighted by atomic mass is 9.89. The third-order valence-electron chi connectivity index (χ3n) is 4.57. The molecule has 1 fully saturated rings. The quantitative estimate of drug-likeness (QED) is 0.859. The van der Waals surface area contributed by atoms with Crippen LogP contribution in [0.1, 0.15) is 38.3 Å². The highest BCUT2D eigenvalue weighted by molar-refractivity contribution is 6.34. The summed E-state index contributed by atoms with van der Waals surface area (Å²) >= 11 is 0. The standard InChI is InChI=1S/C17H22N4O2/c1-3-20-10-13-8-12(5-6-14(13)19-20)15-7-4-11(2)9-21(15)17(23)16(18)22/h5-6,8,10-11,15H,3-4,7,9H2,1-2H3,(H2,18,22). The number of benzene rings is 1. The molecule has 0 spiro atoms. The second-order valence-corrected chi connectivity index (χ2v) is 6.32. The van der Waals surface area contributed by atoms with Crippen molar-refractivity contribution >= 4 is 22.7 Å². The van der Waals surface area contributed by atoms with Crippen molar-refractivity contribution in [2.24, 2.45) is 11.7 Å². The lowest BCUT2D eigenvalue weighted by Gasteiger charge is -2.38. The molecule has 1 aliphatic heterocycles. The number of primary amides is 1. The first-order valence-corrected chi connectivity index (χ1v) is 8.07. The fourth-order valence-electron chi connectivity index (χ4n) is 3.33. The molecule has 2 aromatic rings. The lowest BCUT2D eigenvalue weighted by molar-refractivity contribution is -0.147. The van der Waals surface area contributed by atoms with Crippen molar-refractivity contribution in [3.63, 3.8) is 0 Å². The lowest BCUT2D eigenvalue weighted by Crippen LogP contribution is -2.46. The van der Waals surface area contributed by atoms with Gasteiger partial charge in [0.05, 0.1) is 11.6 Å². The predicted molar refractivity (Wildman–Crippen MR) is 87.5 cm³/mol. The Labute approximate surface area is 135 Å². The van der Waals surface area contributed by atoms with Gasteiger partial charge < -0.3 is 10.6 Å². The number of piperidine rings is 1. The van der Waals surface area contributed by atoms with Crippen LogP contribution >= 0.6 is 0 Å². The van der Waals surface area contributed by atoms with Gasteiger partial charge in [0, 0.05) is 24.7 Å². The molecule has 1 aliphatic rings. The zero-order valence-electron chi connectivity index (χ0n) is 13.5. The minimum atomic E-state index is -0.885.